The molecule has 0 unspecified atom stereocenters. The van der Waals surface area contributed by atoms with Crippen LogP contribution in [0.1, 0.15) is 17.2 Å². The maximum absolute atomic E-state index is 12.0. The molecular weight excluding hydrogens is 258 g/mol. The van der Waals surface area contributed by atoms with Gasteiger partial charge in [-0.15, -0.1) is 0 Å². The van der Waals surface area contributed by atoms with E-state index < -0.39 is 17.9 Å². The van der Waals surface area contributed by atoms with Crippen molar-refractivity contribution < 1.29 is 19.4 Å². The molecule has 0 radical (unpaired) electrons. The molecule has 3 rings (SSSR count). The van der Waals surface area contributed by atoms with E-state index in [4.69, 9.17) is 4.74 Å². The number of methoxy groups -OCH3 is 1. The Morgan fingerprint density at radius 3 is 2.90 bits per heavy atom. The Morgan fingerprint density at radius 1 is 1.40 bits per heavy atom. The van der Waals surface area contributed by atoms with Gasteiger partial charge in [-0.05, 0) is 17.5 Å². The first-order valence-corrected chi connectivity index (χ1v) is 6.50. The molecule has 2 heterocycles. The number of fused-ring (bicyclic) bond motifs is 3. The number of hydrogen-bond donors (Lipinski definition) is 1. The van der Waals surface area contributed by atoms with Crippen LogP contribution in [0.5, 0.6) is 0 Å². The van der Waals surface area contributed by atoms with Crippen LogP contribution in [0.4, 0.5) is 0 Å². The van der Waals surface area contributed by atoms with Crippen LogP contribution in [0.3, 0.4) is 0 Å². The molecular formula is C15H15NO4. The summed E-state index contributed by atoms with van der Waals surface area (Å²) in [5.41, 5.74) is 2.01. The highest BCUT2D eigenvalue weighted by Crippen LogP contribution is 2.41. The topological polar surface area (TPSA) is 66.8 Å². The molecule has 0 fully saturated rings. The summed E-state index contributed by atoms with van der Waals surface area (Å²) in [6.07, 6.45) is 1.87. The molecule has 0 aliphatic carbocycles. The van der Waals surface area contributed by atoms with Gasteiger partial charge in [0.15, 0.2) is 0 Å². The second-order valence-electron chi connectivity index (χ2n) is 5.00. The highest BCUT2D eigenvalue weighted by atomic mass is 16.5. The van der Waals surface area contributed by atoms with Gasteiger partial charge >= 0.3 is 5.97 Å². The summed E-state index contributed by atoms with van der Waals surface area (Å²) in [6.45, 7) is 0.539. The number of carbonyl (C=O) groups excluding carboxylic acids is 2. The minimum atomic E-state index is -0.848. The molecule has 0 saturated carbocycles. The van der Waals surface area contributed by atoms with Crippen molar-refractivity contribution in [2.24, 2.45) is 5.92 Å². The Hall–Kier alpha value is -2.30. The van der Waals surface area contributed by atoms with Crippen LogP contribution in [0.2, 0.25) is 0 Å². The monoisotopic (exact) mass is 273 g/mol. The molecule has 0 saturated heterocycles. The lowest BCUT2D eigenvalue weighted by atomic mass is 9.81. The summed E-state index contributed by atoms with van der Waals surface area (Å²) in [5.74, 6) is -1.86. The summed E-state index contributed by atoms with van der Waals surface area (Å²) in [7, 11) is 1.28. The van der Waals surface area contributed by atoms with Crippen LogP contribution in [0.15, 0.2) is 36.1 Å². The average Bonchev–Trinajstić information content (AvgIpc) is 2.46. The standard InChI is InChI=1S/C15H15NO4/c1-20-15(19)13-11(17)8-12(18)16-7-6-9-4-2-3-5-10(9)14(13)16/h2-5,8,13-14,17H,6-7H2,1H3/t13-,14-/m1/s1. The van der Waals surface area contributed by atoms with Crippen molar-refractivity contribution in [3.8, 4) is 0 Å². The van der Waals surface area contributed by atoms with Crippen LogP contribution in [0, 0.1) is 5.92 Å². The predicted molar refractivity (Wildman–Crippen MR) is 70.8 cm³/mol. The highest BCUT2D eigenvalue weighted by molar-refractivity contribution is 5.93. The minimum absolute atomic E-state index is 0.222. The van der Waals surface area contributed by atoms with Crippen molar-refractivity contribution >= 4 is 11.9 Å². The van der Waals surface area contributed by atoms with Gasteiger partial charge in [0.25, 0.3) is 5.91 Å². The maximum atomic E-state index is 12.0. The zero-order chi connectivity index (χ0) is 14.3. The third kappa shape index (κ3) is 1.78. The molecule has 0 bridgehead atoms. The molecule has 104 valence electrons. The molecule has 1 aromatic carbocycles. The lowest BCUT2D eigenvalue weighted by molar-refractivity contribution is -0.150. The number of hydrogen-bond acceptors (Lipinski definition) is 4. The molecule has 1 N–H and O–H groups in total. The maximum Gasteiger partial charge on any atom is 0.318 e. The van der Waals surface area contributed by atoms with E-state index in [1.807, 2.05) is 24.3 Å². The number of ether oxygens (including phenoxy) is 1. The fourth-order valence-electron chi connectivity index (χ4n) is 3.04. The SMILES string of the molecule is COC(=O)[C@@H]1C(O)=CC(=O)N2CCc3ccccc3[C@H]12. The first-order chi connectivity index (χ1) is 9.63. The second kappa shape index (κ2) is 4.67. The quantitative estimate of drug-likeness (QED) is 0.784. The van der Waals surface area contributed by atoms with Crippen molar-refractivity contribution in [2.75, 3.05) is 13.7 Å². The number of carbonyl (C=O) groups is 2. The van der Waals surface area contributed by atoms with Gasteiger partial charge in [0, 0.05) is 12.6 Å². The molecule has 20 heavy (non-hydrogen) atoms. The Balaban J connectivity index is 2.14. The molecule has 1 aromatic rings. The highest BCUT2D eigenvalue weighted by Gasteiger charge is 2.45. The summed E-state index contributed by atoms with van der Waals surface area (Å²) < 4.78 is 4.78. The molecule has 2 aliphatic rings. The lowest BCUT2D eigenvalue weighted by Crippen LogP contribution is -2.48. The molecule has 2 aliphatic heterocycles. The van der Waals surface area contributed by atoms with E-state index in [1.54, 1.807) is 4.90 Å². The van der Waals surface area contributed by atoms with Crippen molar-refractivity contribution in [3.05, 3.63) is 47.2 Å². The summed E-state index contributed by atoms with van der Waals surface area (Å²) >= 11 is 0. The molecule has 1 amide bonds. The van der Waals surface area contributed by atoms with E-state index in [1.165, 1.54) is 7.11 Å². The first kappa shape index (κ1) is 12.7. The number of benzene rings is 1. The zero-order valence-electron chi connectivity index (χ0n) is 11.1. The van der Waals surface area contributed by atoms with E-state index in [0.717, 1.165) is 23.6 Å². The smallest absolute Gasteiger partial charge is 0.318 e. The number of amides is 1. The molecule has 2 atom stereocenters. The van der Waals surface area contributed by atoms with Crippen molar-refractivity contribution in [1.82, 2.24) is 4.90 Å². The van der Waals surface area contributed by atoms with E-state index in [0.29, 0.717) is 6.54 Å². The van der Waals surface area contributed by atoms with Crippen LogP contribution < -0.4 is 0 Å². The van der Waals surface area contributed by atoms with E-state index in [-0.39, 0.29) is 11.7 Å². The average molecular weight is 273 g/mol. The third-order valence-corrected chi connectivity index (χ3v) is 3.98. The largest absolute Gasteiger partial charge is 0.511 e. The number of nitrogens with zero attached hydrogens (tertiary/aromatic N) is 1. The Labute approximate surface area is 116 Å². The summed E-state index contributed by atoms with van der Waals surface area (Å²) in [5, 5.41) is 10.0. The first-order valence-electron chi connectivity index (χ1n) is 6.50. The van der Waals surface area contributed by atoms with Crippen LogP contribution >= 0.6 is 0 Å². The van der Waals surface area contributed by atoms with Crippen molar-refractivity contribution in [3.63, 3.8) is 0 Å². The predicted octanol–water partition coefficient (Wildman–Crippen LogP) is 1.36. The molecule has 0 aromatic heterocycles. The van der Waals surface area contributed by atoms with Gasteiger partial charge < -0.3 is 14.7 Å². The normalized spacial score (nSPS) is 24.6. The van der Waals surface area contributed by atoms with Crippen molar-refractivity contribution in [2.45, 2.75) is 12.5 Å². The van der Waals surface area contributed by atoms with Crippen LogP contribution in [-0.2, 0) is 20.7 Å². The van der Waals surface area contributed by atoms with Gasteiger partial charge in [0.1, 0.15) is 11.7 Å². The van der Waals surface area contributed by atoms with Crippen LogP contribution in [-0.4, -0.2) is 35.5 Å². The van der Waals surface area contributed by atoms with E-state index in [2.05, 4.69) is 0 Å². The molecule has 0 spiro atoms. The Kier molecular flexibility index (Phi) is 2.97. The Bertz CT molecular complexity index is 608. The number of esters is 1. The van der Waals surface area contributed by atoms with E-state index in [9.17, 15) is 14.7 Å². The zero-order valence-corrected chi connectivity index (χ0v) is 11.1. The summed E-state index contributed by atoms with van der Waals surface area (Å²) in [4.78, 5) is 25.7. The fraction of sp³-hybridized carbons (Fsp3) is 0.333. The van der Waals surface area contributed by atoms with Gasteiger partial charge in [0.05, 0.1) is 13.2 Å². The summed E-state index contributed by atoms with van der Waals surface area (Å²) in [6, 6.07) is 7.21. The second-order valence-corrected chi connectivity index (χ2v) is 5.00. The number of aliphatic hydroxyl groups excluding tert-OH is 1. The molecule has 5 nitrogen and oxygen atoms in total. The van der Waals surface area contributed by atoms with Gasteiger partial charge in [-0.25, -0.2) is 0 Å². The lowest BCUT2D eigenvalue weighted by Gasteiger charge is -2.42. The Morgan fingerprint density at radius 2 is 2.15 bits per heavy atom. The third-order valence-electron chi connectivity index (χ3n) is 3.98. The fourth-order valence-corrected chi connectivity index (χ4v) is 3.04. The van der Waals surface area contributed by atoms with Crippen LogP contribution in [0.25, 0.3) is 0 Å². The van der Waals surface area contributed by atoms with Gasteiger partial charge in [0.2, 0.25) is 0 Å². The van der Waals surface area contributed by atoms with E-state index >= 15 is 0 Å². The van der Waals surface area contributed by atoms with Crippen molar-refractivity contribution in [1.29, 1.82) is 0 Å². The van der Waals surface area contributed by atoms with Gasteiger partial charge in [-0.1, -0.05) is 24.3 Å². The molecule has 5 heteroatoms. The van der Waals surface area contributed by atoms with Gasteiger partial charge in [-0.2, -0.15) is 0 Å². The number of rotatable bonds is 1. The minimum Gasteiger partial charge on any atom is -0.511 e. The van der Waals surface area contributed by atoms with Gasteiger partial charge in [-0.3, -0.25) is 9.59 Å². The number of aliphatic hydroxyl groups is 1.